The van der Waals surface area contributed by atoms with Crippen LogP contribution in [0.4, 0.5) is 0 Å². The molecule has 0 fully saturated rings. The van der Waals surface area contributed by atoms with Crippen LogP contribution < -0.4 is 0 Å². The third-order valence-electron chi connectivity index (χ3n) is 9.64. The Morgan fingerprint density at radius 3 is 1.77 bits per heavy atom. The molecule has 0 radical (unpaired) electrons. The average Bonchev–Trinajstić information content (AvgIpc) is 3.99. The van der Waals surface area contributed by atoms with Crippen molar-refractivity contribution in [1.29, 1.82) is 0 Å². The Labute approximate surface area is 302 Å². The highest BCUT2D eigenvalue weighted by atomic mass is 16.1. The summed E-state index contributed by atoms with van der Waals surface area (Å²) in [6.07, 6.45) is 6.45. The van der Waals surface area contributed by atoms with Gasteiger partial charge in [0, 0.05) is 30.9 Å². The fraction of sp³-hybridized carbons (Fsp3) is 0.114. The summed E-state index contributed by atoms with van der Waals surface area (Å²) in [7, 11) is 0. The highest BCUT2D eigenvalue weighted by Gasteiger charge is 2.42. The quantitative estimate of drug-likeness (QED) is 0.0954. The largest absolute Gasteiger partial charge is 0.319 e. The van der Waals surface area contributed by atoms with Crippen LogP contribution in [0.2, 0.25) is 0 Å². The van der Waals surface area contributed by atoms with Crippen molar-refractivity contribution in [2.45, 2.75) is 31.8 Å². The molecule has 3 heterocycles. The van der Waals surface area contributed by atoms with E-state index in [1.807, 2.05) is 68.7 Å². The molecule has 0 aliphatic heterocycles. The Balaban J connectivity index is 1.22. The van der Waals surface area contributed by atoms with Crippen molar-refractivity contribution >= 4 is 6.29 Å². The maximum atomic E-state index is 12.4. The molecule has 0 N–H and O–H groups in total. The zero-order valence-electron chi connectivity index (χ0n) is 28.8. The summed E-state index contributed by atoms with van der Waals surface area (Å²) in [4.78, 5) is 17.3. The van der Waals surface area contributed by atoms with E-state index in [-0.39, 0.29) is 0 Å². The van der Waals surface area contributed by atoms with E-state index in [1.54, 1.807) is 0 Å². The maximum absolute atomic E-state index is 12.4. The van der Waals surface area contributed by atoms with Crippen molar-refractivity contribution in [1.82, 2.24) is 34.3 Å². The number of aromatic nitrogens is 7. The predicted molar refractivity (Wildman–Crippen MR) is 203 cm³/mol. The minimum Gasteiger partial charge on any atom is -0.319 e. The van der Waals surface area contributed by atoms with Crippen LogP contribution in [0.25, 0.3) is 28.3 Å². The van der Waals surface area contributed by atoms with E-state index in [9.17, 15) is 4.79 Å². The van der Waals surface area contributed by atoms with E-state index in [2.05, 4.69) is 121 Å². The molecule has 3 aromatic heterocycles. The number of aldehydes is 1. The second-order valence-electron chi connectivity index (χ2n) is 12.7. The van der Waals surface area contributed by atoms with Gasteiger partial charge in [-0.15, -0.1) is 5.10 Å². The lowest BCUT2D eigenvalue weighted by Gasteiger charge is -2.36. The van der Waals surface area contributed by atoms with Crippen LogP contribution >= 0.6 is 0 Å². The molecule has 0 spiro atoms. The molecule has 5 aromatic carbocycles. The molecule has 0 saturated heterocycles. The fourth-order valence-corrected chi connectivity index (χ4v) is 7.26. The third kappa shape index (κ3) is 5.74. The second-order valence-corrected chi connectivity index (χ2v) is 12.7. The van der Waals surface area contributed by atoms with Gasteiger partial charge in [-0.25, -0.2) is 9.67 Å². The Kier molecular flexibility index (Phi) is 8.94. The molecule has 8 rings (SSSR count). The zero-order chi connectivity index (χ0) is 35.3. The zero-order valence-corrected chi connectivity index (χ0v) is 28.8. The van der Waals surface area contributed by atoms with Gasteiger partial charge in [-0.1, -0.05) is 146 Å². The lowest BCUT2D eigenvalue weighted by Crippen LogP contribution is -2.39. The molecule has 0 aliphatic rings. The highest BCUT2D eigenvalue weighted by Crippen LogP contribution is 2.43. The van der Waals surface area contributed by atoms with Gasteiger partial charge in [0.05, 0.1) is 0 Å². The molecule has 0 saturated carbocycles. The van der Waals surface area contributed by atoms with Gasteiger partial charge in [0.15, 0.2) is 17.9 Å². The van der Waals surface area contributed by atoms with Crippen molar-refractivity contribution in [2.24, 2.45) is 0 Å². The first-order chi connectivity index (χ1) is 25.7. The standard InChI is InChI=1S/C44H37N7O/c1-2-16-41-45-43(49-29-14-15-30-49)40(32-52)50(41)31-33-25-27-34(28-26-33)38-23-12-13-24-39(38)42-46-47-48-51(42)44(35-17-6-3-7-18-35,36-19-8-4-9-20-36)37-21-10-5-11-22-37/h3-15,17-30,32H,2,16,31H2,1H3. The SMILES string of the molecule is CCCc1nc(-n2cccc2)c(C=O)n1Cc1ccc(-c2ccccc2-c2nnnn2C(c2ccccc2)(c2ccccc2)c2ccccc2)cc1. The van der Waals surface area contributed by atoms with Crippen molar-refractivity contribution < 1.29 is 4.79 Å². The minimum atomic E-state index is -0.865. The third-order valence-corrected chi connectivity index (χ3v) is 9.64. The number of benzene rings is 5. The van der Waals surface area contributed by atoms with E-state index in [4.69, 9.17) is 15.3 Å². The molecule has 52 heavy (non-hydrogen) atoms. The molecule has 254 valence electrons. The Hall–Kier alpha value is -6.67. The molecule has 0 unspecified atom stereocenters. The molecule has 8 nitrogen and oxygen atoms in total. The van der Waals surface area contributed by atoms with Crippen LogP contribution in [0, 0.1) is 0 Å². The van der Waals surface area contributed by atoms with Crippen molar-refractivity contribution in [3.63, 3.8) is 0 Å². The van der Waals surface area contributed by atoms with Gasteiger partial charge in [-0.2, -0.15) is 0 Å². The lowest BCUT2D eigenvalue weighted by atomic mass is 9.77. The van der Waals surface area contributed by atoms with Gasteiger partial charge in [-0.3, -0.25) is 4.79 Å². The normalized spacial score (nSPS) is 11.5. The molecule has 0 atom stereocenters. The second kappa shape index (κ2) is 14.3. The van der Waals surface area contributed by atoms with Crippen LogP contribution in [0.1, 0.15) is 51.9 Å². The van der Waals surface area contributed by atoms with E-state index in [1.165, 1.54) is 0 Å². The van der Waals surface area contributed by atoms with Crippen LogP contribution in [-0.2, 0) is 18.5 Å². The van der Waals surface area contributed by atoms with E-state index >= 15 is 0 Å². The Bertz CT molecular complexity index is 2300. The number of imidazole rings is 1. The highest BCUT2D eigenvalue weighted by molar-refractivity contribution is 5.81. The van der Waals surface area contributed by atoms with Gasteiger partial charge in [0.25, 0.3) is 0 Å². The average molecular weight is 680 g/mol. The fourth-order valence-electron chi connectivity index (χ4n) is 7.26. The number of hydrogen-bond donors (Lipinski definition) is 0. The van der Waals surface area contributed by atoms with Crippen LogP contribution in [0.5, 0.6) is 0 Å². The molecular weight excluding hydrogens is 643 g/mol. The maximum Gasteiger partial charge on any atom is 0.184 e. The topological polar surface area (TPSA) is 83.4 Å². The number of carbonyl (C=O) groups excluding carboxylic acids is 1. The number of hydrogen-bond acceptors (Lipinski definition) is 5. The van der Waals surface area contributed by atoms with E-state index in [0.717, 1.165) is 63.9 Å². The molecule has 0 bridgehead atoms. The predicted octanol–water partition coefficient (Wildman–Crippen LogP) is 8.65. The smallest absolute Gasteiger partial charge is 0.184 e. The van der Waals surface area contributed by atoms with Gasteiger partial charge in [-0.05, 0) is 62.4 Å². The molecule has 0 aliphatic carbocycles. The van der Waals surface area contributed by atoms with Crippen molar-refractivity contribution in [2.75, 3.05) is 0 Å². The molecule has 8 heteroatoms. The summed E-state index contributed by atoms with van der Waals surface area (Å²) in [6, 6.07) is 51.9. The summed E-state index contributed by atoms with van der Waals surface area (Å²) in [5, 5.41) is 13.8. The van der Waals surface area contributed by atoms with E-state index in [0.29, 0.717) is 23.9 Å². The Morgan fingerprint density at radius 1 is 0.654 bits per heavy atom. The van der Waals surface area contributed by atoms with Gasteiger partial charge >= 0.3 is 0 Å². The molecule has 0 amide bonds. The summed E-state index contributed by atoms with van der Waals surface area (Å²) in [5.74, 6) is 2.20. The summed E-state index contributed by atoms with van der Waals surface area (Å²) >= 11 is 0. The Morgan fingerprint density at radius 2 is 1.21 bits per heavy atom. The summed E-state index contributed by atoms with van der Waals surface area (Å²) in [6.45, 7) is 2.66. The number of tetrazole rings is 1. The number of nitrogens with zero attached hydrogens (tertiary/aromatic N) is 7. The summed E-state index contributed by atoms with van der Waals surface area (Å²) < 4.78 is 5.91. The lowest BCUT2D eigenvalue weighted by molar-refractivity contribution is 0.111. The number of aryl methyl sites for hydroxylation is 1. The van der Waals surface area contributed by atoms with Crippen molar-refractivity contribution in [3.05, 3.63) is 198 Å². The number of rotatable bonds is 12. The van der Waals surface area contributed by atoms with Gasteiger partial charge < -0.3 is 9.13 Å². The van der Waals surface area contributed by atoms with Gasteiger partial charge in [0.1, 0.15) is 17.1 Å². The summed E-state index contributed by atoms with van der Waals surface area (Å²) in [5.41, 5.74) is 6.84. The van der Waals surface area contributed by atoms with Crippen LogP contribution in [0.15, 0.2) is 164 Å². The molecular formula is C44H37N7O. The first-order valence-corrected chi connectivity index (χ1v) is 17.5. The first kappa shape index (κ1) is 32.5. The van der Waals surface area contributed by atoms with E-state index < -0.39 is 5.54 Å². The van der Waals surface area contributed by atoms with Crippen LogP contribution in [-0.4, -0.2) is 40.6 Å². The van der Waals surface area contributed by atoms with Crippen LogP contribution in [0.3, 0.4) is 0 Å². The van der Waals surface area contributed by atoms with Gasteiger partial charge in [0.2, 0.25) is 0 Å². The molecule has 8 aromatic rings. The number of carbonyl (C=O) groups is 1. The monoisotopic (exact) mass is 679 g/mol. The van der Waals surface area contributed by atoms with Crippen molar-refractivity contribution in [3.8, 4) is 28.3 Å². The first-order valence-electron chi connectivity index (χ1n) is 17.5. The minimum absolute atomic E-state index is 0.533.